The van der Waals surface area contributed by atoms with Crippen molar-refractivity contribution < 1.29 is 9.21 Å². The summed E-state index contributed by atoms with van der Waals surface area (Å²) >= 11 is 0. The van der Waals surface area contributed by atoms with E-state index in [1.165, 1.54) is 0 Å². The van der Waals surface area contributed by atoms with Crippen LogP contribution in [0.15, 0.2) is 28.7 Å². The number of amides is 1. The Balaban J connectivity index is 1.79. The highest BCUT2D eigenvalue weighted by Gasteiger charge is 2.23. The minimum absolute atomic E-state index is 0.0180. The standard InChI is InChI=1S/C14H17N3O2/c1-10(18)15-11-5-4-8-17(9-11)14-16-12-6-2-3-7-13(12)19-14/h2-3,6-7,11H,4-5,8-9H2,1H3,(H,15,18). The van der Waals surface area contributed by atoms with Gasteiger partial charge in [0.05, 0.1) is 0 Å². The average Bonchev–Trinajstić information content (AvgIpc) is 2.82. The number of nitrogens with zero attached hydrogens (tertiary/aromatic N) is 2. The third-order valence-corrected chi connectivity index (χ3v) is 3.38. The van der Waals surface area contributed by atoms with Crippen LogP contribution in [0.2, 0.25) is 0 Å². The molecular weight excluding hydrogens is 242 g/mol. The van der Waals surface area contributed by atoms with Gasteiger partial charge in [0.1, 0.15) is 5.52 Å². The third kappa shape index (κ3) is 2.54. The van der Waals surface area contributed by atoms with Crippen molar-refractivity contribution >= 4 is 23.0 Å². The predicted octanol–water partition coefficient (Wildman–Crippen LogP) is 1.93. The van der Waals surface area contributed by atoms with Crippen LogP contribution in [0, 0.1) is 0 Å². The van der Waals surface area contributed by atoms with Gasteiger partial charge in [0.25, 0.3) is 6.01 Å². The van der Waals surface area contributed by atoms with Gasteiger partial charge in [-0.3, -0.25) is 4.79 Å². The fraction of sp³-hybridized carbons (Fsp3) is 0.429. The van der Waals surface area contributed by atoms with Gasteiger partial charge in [-0.05, 0) is 25.0 Å². The first kappa shape index (κ1) is 12.0. The highest BCUT2D eigenvalue weighted by Crippen LogP contribution is 2.24. The summed E-state index contributed by atoms with van der Waals surface area (Å²) in [6, 6.07) is 8.58. The van der Waals surface area contributed by atoms with E-state index >= 15 is 0 Å². The smallest absolute Gasteiger partial charge is 0.298 e. The largest absolute Gasteiger partial charge is 0.423 e. The second-order valence-electron chi connectivity index (χ2n) is 4.95. The maximum Gasteiger partial charge on any atom is 0.298 e. The van der Waals surface area contributed by atoms with Crippen molar-refractivity contribution in [3.63, 3.8) is 0 Å². The van der Waals surface area contributed by atoms with E-state index in [1.54, 1.807) is 6.92 Å². The second-order valence-corrected chi connectivity index (χ2v) is 4.95. The number of benzene rings is 1. The zero-order valence-corrected chi connectivity index (χ0v) is 10.9. The molecule has 0 spiro atoms. The summed E-state index contributed by atoms with van der Waals surface area (Å²) in [5.41, 5.74) is 1.68. The molecule has 3 rings (SSSR count). The molecule has 0 aliphatic carbocycles. The molecule has 0 bridgehead atoms. The number of carbonyl (C=O) groups is 1. The molecule has 1 atom stereocenters. The van der Waals surface area contributed by atoms with E-state index in [-0.39, 0.29) is 11.9 Å². The molecule has 5 heteroatoms. The van der Waals surface area contributed by atoms with Crippen LogP contribution in [0.1, 0.15) is 19.8 Å². The van der Waals surface area contributed by atoms with Gasteiger partial charge >= 0.3 is 0 Å². The molecule has 2 aromatic rings. The number of anilines is 1. The number of hydrogen-bond donors (Lipinski definition) is 1. The van der Waals surface area contributed by atoms with Crippen LogP contribution in [0.4, 0.5) is 6.01 Å². The van der Waals surface area contributed by atoms with Crippen LogP contribution in [-0.4, -0.2) is 30.0 Å². The average molecular weight is 259 g/mol. The Morgan fingerprint density at radius 3 is 3.11 bits per heavy atom. The quantitative estimate of drug-likeness (QED) is 0.895. The third-order valence-electron chi connectivity index (χ3n) is 3.38. The van der Waals surface area contributed by atoms with Crippen LogP contribution in [0.25, 0.3) is 11.1 Å². The molecule has 1 aliphatic rings. The highest BCUT2D eigenvalue weighted by atomic mass is 16.4. The number of carbonyl (C=O) groups excluding carboxylic acids is 1. The Kier molecular flexibility index (Phi) is 3.11. The minimum Gasteiger partial charge on any atom is -0.423 e. The topological polar surface area (TPSA) is 58.4 Å². The van der Waals surface area contributed by atoms with Gasteiger partial charge in [-0.25, -0.2) is 0 Å². The van der Waals surface area contributed by atoms with E-state index < -0.39 is 0 Å². The molecule has 0 saturated carbocycles. The SMILES string of the molecule is CC(=O)NC1CCCN(c2nc3ccccc3o2)C1. The number of oxazole rings is 1. The first-order valence-corrected chi connectivity index (χ1v) is 6.60. The zero-order valence-electron chi connectivity index (χ0n) is 10.9. The van der Waals surface area contributed by atoms with Crippen molar-refractivity contribution in [2.24, 2.45) is 0 Å². The summed E-state index contributed by atoms with van der Waals surface area (Å²) in [5, 5.41) is 2.97. The molecule has 1 fully saturated rings. The number of para-hydroxylation sites is 2. The van der Waals surface area contributed by atoms with Gasteiger partial charge < -0.3 is 14.6 Å². The van der Waals surface area contributed by atoms with E-state index in [1.807, 2.05) is 24.3 Å². The Hall–Kier alpha value is -2.04. The summed E-state index contributed by atoms with van der Waals surface area (Å²) < 4.78 is 5.76. The lowest BCUT2D eigenvalue weighted by atomic mass is 10.1. The number of fused-ring (bicyclic) bond motifs is 1. The van der Waals surface area contributed by atoms with Gasteiger partial charge in [0.2, 0.25) is 5.91 Å². The lowest BCUT2D eigenvalue weighted by molar-refractivity contribution is -0.119. The number of nitrogens with one attached hydrogen (secondary N) is 1. The predicted molar refractivity (Wildman–Crippen MR) is 73.1 cm³/mol. The molecule has 1 aromatic heterocycles. The zero-order chi connectivity index (χ0) is 13.2. The number of hydrogen-bond acceptors (Lipinski definition) is 4. The molecular formula is C14H17N3O2. The molecule has 19 heavy (non-hydrogen) atoms. The molecule has 1 aromatic carbocycles. The fourth-order valence-corrected chi connectivity index (χ4v) is 2.55. The molecule has 1 unspecified atom stereocenters. The van der Waals surface area contributed by atoms with Crippen LogP contribution >= 0.6 is 0 Å². The highest BCUT2D eigenvalue weighted by molar-refractivity contribution is 5.74. The van der Waals surface area contributed by atoms with Gasteiger partial charge in [0, 0.05) is 26.1 Å². The van der Waals surface area contributed by atoms with Crippen LogP contribution in [0.3, 0.4) is 0 Å². The first-order chi connectivity index (χ1) is 9.22. The lowest BCUT2D eigenvalue weighted by Gasteiger charge is -2.31. The molecule has 5 nitrogen and oxygen atoms in total. The van der Waals surface area contributed by atoms with Crippen molar-refractivity contribution in [2.45, 2.75) is 25.8 Å². The summed E-state index contributed by atoms with van der Waals surface area (Å²) in [4.78, 5) is 17.7. The molecule has 100 valence electrons. The van der Waals surface area contributed by atoms with Crippen LogP contribution in [-0.2, 0) is 4.79 Å². The van der Waals surface area contributed by atoms with Gasteiger partial charge in [-0.2, -0.15) is 4.98 Å². The van der Waals surface area contributed by atoms with Crippen molar-refractivity contribution in [1.29, 1.82) is 0 Å². The summed E-state index contributed by atoms with van der Waals surface area (Å²) in [5.74, 6) is 0.0180. The maximum absolute atomic E-state index is 11.1. The number of rotatable bonds is 2. The van der Waals surface area contributed by atoms with E-state index in [0.717, 1.165) is 37.0 Å². The van der Waals surface area contributed by atoms with Crippen LogP contribution < -0.4 is 10.2 Å². The van der Waals surface area contributed by atoms with Crippen molar-refractivity contribution in [3.8, 4) is 0 Å². The van der Waals surface area contributed by atoms with Gasteiger partial charge in [-0.1, -0.05) is 12.1 Å². The molecule has 1 aliphatic heterocycles. The summed E-state index contributed by atoms with van der Waals surface area (Å²) in [6.07, 6.45) is 2.04. The molecule has 1 saturated heterocycles. The second kappa shape index (κ2) is 4.91. The Morgan fingerprint density at radius 2 is 2.32 bits per heavy atom. The molecule has 1 amide bonds. The maximum atomic E-state index is 11.1. The van der Waals surface area contributed by atoms with E-state index in [9.17, 15) is 4.79 Å². The summed E-state index contributed by atoms with van der Waals surface area (Å²) in [7, 11) is 0. The molecule has 2 heterocycles. The van der Waals surface area contributed by atoms with E-state index in [2.05, 4.69) is 15.2 Å². The first-order valence-electron chi connectivity index (χ1n) is 6.60. The van der Waals surface area contributed by atoms with Gasteiger partial charge in [-0.15, -0.1) is 0 Å². The van der Waals surface area contributed by atoms with E-state index in [0.29, 0.717) is 6.01 Å². The minimum atomic E-state index is 0.0180. The monoisotopic (exact) mass is 259 g/mol. The molecule has 1 N–H and O–H groups in total. The molecule has 0 radical (unpaired) electrons. The van der Waals surface area contributed by atoms with Crippen molar-refractivity contribution in [1.82, 2.24) is 10.3 Å². The van der Waals surface area contributed by atoms with Crippen LogP contribution in [0.5, 0.6) is 0 Å². The van der Waals surface area contributed by atoms with Crippen molar-refractivity contribution in [3.05, 3.63) is 24.3 Å². The fourth-order valence-electron chi connectivity index (χ4n) is 2.55. The Bertz CT molecular complexity index is 560. The van der Waals surface area contributed by atoms with Gasteiger partial charge in [0.15, 0.2) is 5.58 Å². The van der Waals surface area contributed by atoms with E-state index in [4.69, 9.17) is 4.42 Å². The summed E-state index contributed by atoms with van der Waals surface area (Å²) in [6.45, 7) is 3.23. The lowest BCUT2D eigenvalue weighted by Crippen LogP contribution is -2.47. The normalized spacial score (nSPS) is 19.6. The number of piperidine rings is 1. The number of aromatic nitrogens is 1. The van der Waals surface area contributed by atoms with Crippen molar-refractivity contribution in [2.75, 3.05) is 18.0 Å². The Labute approximate surface area is 111 Å². The Morgan fingerprint density at radius 1 is 1.47 bits per heavy atom.